The average molecular weight is 361 g/mol. The molecule has 0 aromatic heterocycles. The summed E-state index contributed by atoms with van der Waals surface area (Å²) >= 11 is 0. The van der Waals surface area contributed by atoms with E-state index in [9.17, 15) is 4.79 Å². The predicted molar refractivity (Wildman–Crippen MR) is 106 cm³/mol. The highest BCUT2D eigenvalue weighted by Gasteiger charge is 2.15. The molecule has 3 N–H and O–H groups in total. The first-order chi connectivity index (χ1) is 12.7. The molecule has 144 valence electrons. The highest BCUT2D eigenvalue weighted by atomic mass is 16.5. The minimum atomic E-state index is 0.119. The lowest BCUT2D eigenvalue weighted by molar-refractivity contribution is -0.121. The highest BCUT2D eigenvalue weighted by Crippen LogP contribution is 2.18. The van der Waals surface area contributed by atoms with Crippen molar-refractivity contribution in [3.05, 3.63) is 29.8 Å². The number of methoxy groups -OCH3 is 1. The molecule has 1 aromatic rings. The number of nitrogens with one attached hydrogen (secondary N) is 3. The van der Waals surface area contributed by atoms with Gasteiger partial charge in [0.25, 0.3) is 0 Å². The van der Waals surface area contributed by atoms with Gasteiger partial charge < -0.3 is 20.7 Å². The number of carbonyl (C=O) groups excluding carboxylic acids is 1. The predicted octanol–water partition coefficient (Wildman–Crippen LogP) is 2.24. The molecule has 0 bridgehead atoms. The molecule has 1 saturated carbocycles. The molecule has 0 spiro atoms. The van der Waals surface area contributed by atoms with Crippen LogP contribution in [0, 0.1) is 0 Å². The maximum absolute atomic E-state index is 12.0. The number of rotatable bonds is 8. The maximum Gasteiger partial charge on any atom is 0.221 e. The Morgan fingerprint density at radius 2 is 1.88 bits per heavy atom. The number of nitrogens with zero attached hydrogens (tertiary/aromatic N) is 1. The molecule has 2 rings (SSSR count). The number of ether oxygens (including phenoxy) is 1. The first-order valence-corrected chi connectivity index (χ1v) is 9.58. The molecule has 0 radical (unpaired) electrons. The van der Waals surface area contributed by atoms with Crippen LogP contribution in [0.3, 0.4) is 0 Å². The van der Waals surface area contributed by atoms with Crippen LogP contribution in [-0.4, -0.2) is 45.2 Å². The van der Waals surface area contributed by atoms with E-state index >= 15 is 0 Å². The zero-order valence-electron chi connectivity index (χ0n) is 16.0. The first kappa shape index (κ1) is 20.1. The number of hydrogen-bond acceptors (Lipinski definition) is 3. The third kappa shape index (κ3) is 6.94. The fourth-order valence-corrected chi connectivity index (χ4v) is 3.29. The van der Waals surface area contributed by atoms with Gasteiger partial charge in [-0.2, -0.15) is 0 Å². The van der Waals surface area contributed by atoms with Gasteiger partial charge in [0, 0.05) is 32.6 Å². The van der Waals surface area contributed by atoms with Crippen LogP contribution >= 0.6 is 0 Å². The second-order valence-corrected chi connectivity index (χ2v) is 6.64. The van der Waals surface area contributed by atoms with Crippen molar-refractivity contribution in [2.45, 2.75) is 51.0 Å². The largest absolute Gasteiger partial charge is 0.496 e. The van der Waals surface area contributed by atoms with E-state index in [2.05, 4.69) is 27.0 Å². The summed E-state index contributed by atoms with van der Waals surface area (Å²) < 4.78 is 5.36. The third-order valence-corrected chi connectivity index (χ3v) is 4.72. The van der Waals surface area contributed by atoms with Crippen LogP contribution < -0.4 is 20.7 Å². The van der Waals surface area contributed by atoms with Crippen molar-refractivity contribution in [2.75, 3.05) is 27.2 Å². The Morgan fingerprint density at radius 3 is 2.62 bits per heavy atom. The third-order valence-electron chi connectivity index (χ3n) is 4.72. The number of carbonyl (C=O) groups is 1. The minimum absolute atomic E-state index is 0.119. The molecular weight excluding hydrogens is 328 g/mol. The van der Waals surface area contributed by atoms with E-state index in [1.165, 1.54) is 19.3 Å². The molecule has 0 saturated heterocycles. The molecule has 1 aliphatic rings. The van der Waals surface area contributed by atoms with Gasteiger partial charge in [-0.05, 0) is 30.9 Å². The molecule has 0 atom stereocenters. The van der Waals surface area contributed by atoms with E-state index in [4.69, 9.17) is 4.74 Å². The van der Waals surface area contributed by atoms with Crippen molar-refractivity contribution in [1.82, 2.24) is 16.0 Å². The van der Waals surface area contributed by atoms with Gasteiger partial charge in [-0.1, -0.05) is 37.5 Å². The lowest BCUT2D eigenvalue weighted by Gasteiger charge is -2.22. The van der Waals surface area contributed by atoms with Crippen molar-refractivity contribution in [3.63, 3.8) is 0 Å². The highest BCUT2D eigenvalue weighted by molar-refractivity contribution is 5.81. The Hall–Kier alpha value is -2.24. The standard InChI is InChI=1S/C20H32N4O2/c1-21-20(22-14-12-16-8-6-7-11-18(16)26-2)23-15-13-19(25)24-17-9-4-3-5-10-17/h6-8,11,17H,3-5,9-10,12-15H2,1-2H3,(H,24,25)(H2,21,22,23). The summed E-state index contributed by atoms with van der Waals surface area (Å²) in [5.41, 5.74) is 1.16. The number of para-hydroxylation sites is 1. The minimum Gasteiger partial charge on any atom is -0.496 e. The fourth-order valence-electron chi connectivity index (χ4n) is 3.29. The lowest BCUT2D eigenvalue weighted by Crippen LogP contribution is -2.41. The van der Waals surface area contributed by atoms with E-state index in [1.807, 2.05) is 18.2 Å². The van der Waals surface area contributed by atoms with Gasteiger partial charge in [-0.15, -0.1) is 0 Å². The Kier molecular flexibility index (Phi) is 8.79. The number of hydrogen-bond donors (Lipinski definition) is 3. The van der Waals surface area contributed by atoms with Gasteiger partial charge in [0.15, 0.2) is 5.96 Å². The topological polar surface area (TPSA) is 74.8 Å². The molecule has 0 aliphatic heterocycles. The molecular formula is C20H32N4O2. The first-order valence-electron chi connectivity index (χ1n) is 9.58. The second kappa shape index (κ2) is 11.4. The van der Waals surface area contributed by atoms with Crippen molar-refractivity contribution in [2.24, 2.45) is 4.99 Å². The van der Waals surface area contributed by atoms with Gasteiger partial charge in [0.05, 0.1) is 7.11 Å². The van der Waals surface area contributed by atoms with Crippen LogP contribution in [0.1, 0.15) is 44.1 Å². The zero-order chi connectivity index (χ0) is 18.6. The van der Waals surface area contributed by atoms with E-state index < -0.39 is 0 Å². The molecule has 1 aromatic carbocycles. The quantitative estimate of drug-likeness (QED) is 0.491. The normalized spacial score (nSPS) is 15.4. The van der Waals surface area contributed by atoms with Gasteiger partial charge in [-0.3, -0.25) is 9.79 Å². The van der Waals surface area contributed by atoms with Gasteiger partial charge in [0.1, 0.15) is 5.75 Å². The molecule has 0 unspecified atom stereocenters. The Balaban J connectivity index is 1.63. The van der Waals surface area contributed by atoms with Crippen LogP contribution in [0.5, 0.6) is 5.75 Å². The van der Waals surface area contributed by atoms with E-state index in [0.717, 1.165) is 37.1 Å². The second-order valence-electron chi connectivity index (χ2n) is 6.64. The number of benzene rings is 1. The van der Waals surface area contributed by atoms with Crippen LogP contribution in [-0.2, 0) is 11.2 Å². The Bertz CT molecular complexity index is 583. The monoisotopic (exact) mass is 360 g/mol. The Morgan fingerprint density at radius 1 is 1.15 bits per heavy atom. The van der Waals surface area contributed by atoms with Crippen LogP contribution in [0.15, 0.2) is 29.3 Å². The molecule has 1 fully saturated rings. The molecule has 0 heterocycles. The van der Waals surface area contributed by atoms with Crippen molar-refractivity contribution in [3.8, 4) is 5.75 Å². The zero-order valence-corrected chi connectivity index (χ0v) is 16.0. The van der Waals surface area contributed by atoms with Crippen molar-refractivity contribution >= 4 is 11.9 Å². The van der Waals surface area contributed by atoms with Gasteiger partial charge >= 0.3 is 0 Å². The molecule has 6 nitrogen and oxygen atoms in total. The van der Waals surface area contributed by atoms with E-state index in [0.29, 0.717) is 25.0 Å². The number of amides is 1. The molecule has 1 amide bonds. The van der Waals surface area contributed by atoms with Gasteiger partial charge in [-0.25, -0.2) is 0 Å². The molecule has 1 aliphatic carbocycles. The Labute approximate surface area is 156 Å². The summed E-state index contributed by atoms with van der Waals surface area (Å²) in [6.45, 7) is 1.32. The summed E-state index contributed by atoms with van der Waals surface area (Å²) in [4.78, 5) is 16.2. The average Bonchev–Trinajstić information content (AvgIpc) is 2.68. The summed E-state index contributed by atoms with van der Waals surface area (Å²) in [5, 5.41) is 9.61. The number of guanidine groups is 1. The fraction of sp³-hybridized carbons (Fsp3) is 0.600. The summed E-state index contributed by atoms with van der Waals surface area (Å²) in [5.74, 6) is 1.73. The van der Waals surface area contributed by atoms with Gasteiger partial charge in [0.2, 0.25) is 5.91 Å². The van der Waals surface area contributed by atoms with Crippen LogP contribution in [0.2, 0.25) is 0 Å². The SMILES string of the molecule is CN=C(NCCC(=O)NC1CCCCC1)NCCc1ccccc1OC. The van der Waals surface area contributed by atoms with Crippen LogP contribution in [0.25, 0.3) is 0 Å². The summed E-state index contributed by atoms with van der Waals surface area (Å²) in [7, 11) is 3.42. The number of aliphatic imine (C=N–C) groups is 1. The molecule has 26 heavy (non-hydrogen) atoms. The maximum atomic E-state index is 12.0. The smallest absolute Gasteiger partial charge is 0.221 e. The van der Waals surface area contributed by atoms with Crippen molar-refractivity contribution < 1.29 is 9.53 Å². The summed E-state index contributed by atoms with van der Waals surface area (Å²) in [6.07, 6.45) is 7.29. The molecule has 6 heteroatoms. The van der Waals surface area contributed by atoms with E-state index in [-0.39, 0.29) is 5.91 Å². The van der Waals surface area contributed by atoms with Crippen LogP contribution in [0.4, 0.5) is 0 Å². The lowest BCUT2D eigenvalue weighted by atomic mass is 9.95. The van der Waals surface area contributed by atoms with Crippen molar-refractivity contribution in [1.29, 1.82) is 0 Å². The summed E-state index contributed by atoms with van der Waals surface area (Å²) in [6, 6.07) is 8.37. The van der Waals surface area contributed by atoms with E-state index in [1.54, 1.807) is 14.2 Å².